The molecule has 0 unspecified atom stereocenters. The minimum absolute atomic E-state index is 0.0425. The Kier molecular flexibility index (Phi) is 2.19. The number of hydrogen-bond donors (Lipinski definition) is 0. The Labute approximate surface area is 81.4 Å². The van der Waals surface area contributed by atoms with Crippen molar-refractivity contribution in [2.24, 2.45) is 0 Å². The Morgan fingerprint density at radius 2 is 1.50 bits per heavy atom. The third-order valence-electron chi connectivity index (χ3n) is 2.04. The zero-order valence-corrected chi connectivity index (χ0v) is 7.41. The van der Waals surface area contributed by atoms with Gasteiger partial charge in [0.2, 0.25) is 0 Å². The van der Waals surface area contributed by atoms with Gasteiger partial charge < -0.3 is 0 Å². The zero-order chi connectivity index (χ0) is 9.97. The summed E-state index contributed by atoms with van der Waals surface area (Å²) >= 11 is 0. The SMILES string of the molecule is [O]c1ccccc1-c1ccc(F)cc1. The van der Waals surface area contributed by atoms with Crippen LogP contribution in [-0.2, 0) is 5.11 Å². The lowest BCUT2D eigenvalue weighted by molar-refractivity contribution is 0.356. The van der Waals surface area contributed by atoms with Crippen LogP contribution < -0.4 is 0 Å². The van der Waals surface area contributed by atoms with Gasteiger partial charge in [-0.05, 0) is 23.8 Å². The molecular formula is C12H8FO. The Hall–Kier alpha value is -1.83. The van der Waals surface area contributed by atoms with Gasteiger partial charge in [0.15, 0.2) is 5.75 Å². The first-order chi connectivity index (χ1) is 6.77. The molecule has 2 aromatic rings. The van der Waals surface area contributed by atoms with Crippen LogP contribution in [0.2, 0.25) is 0 Å². The fourth-order valence-electron chi connectivity index (χ4n) is 1.33. The molecule has 2 aromatic carbocycles. The number of hydrogen-bond acceptors (Lipinski definition) is 0. The van der Waals surface area contributed by atoms with Crippen molar-refractivity contribution in [3.05, 3.63) is 54.3 Å². The summed E-state index contributed by atoms with van der Waals surface area (Å²) in [7, 11) is 0. The molecule has 2 rings (SSSR count). The highest BCUT2D eigenvalue weighted by molar-refractivity contribution is 5.69. The van der Waals surface area contributed by atoms with Gasteiger partial charge in [-0.15, -0.1) is 0 Å². The monoisotopic (exact) mass is 187 g/mol. The highest BCUT2D eigenvalue weighted by Gasteiger charge is 2.03. The molecule has 0 N–H and O–H groups in total. The van der Waals surface area contributed by atoms with E-state index < -0.39 is 0 Å². The largest absolute Gasteiger partial charge is 0.289 e. The van der Waals surface area contributed by atoms with Crippen LogP contribution in [0.4, 0.5) is 4.39 Å². The third kappa shape index (κ3) is 1.59. The van der Waals surface area contributed by atoms with Gasteiger partial charge in [-0.2, -0.15) is 0 Å². The molecule has 0 aliphatic carbocycles. The average Bonchev–Trinajstić information content (AvgIpc) is 2.20. The lowest BCUT2D eigenvalue weighted by Gasteiger charge is -2.01. The Morgan fingerprint density at radius 3 is 2.14 bits per heavy atom. The summed E-state index contributed by atoms with van der Waals surface area (Å²) in [5.41, 5.74) is 1.35. The second-order valence-electron chi connectivity index (χ2n) is 3.00. The molecule has 0 aromatic heterocycles. The molecule has 1 radical (unpaired) electrons. The molecule has 1 nitrogen and oxygen atoms in total. The van der Waals surface area contributed by atoms with Crippen molar-refractivity contribution < 1.29 is 9.50 Å². The molecule has 0 bridgehead atoms. The van der Waals surface area contributed by atoms with E-state index in [2.05, 4.69) is 0 Å². The van der Waals surface area contributed by atoms with Gasteiger partial charge in [0.1, 0.15) is 5.82 Å². The third-order valence-corrected chi connectivity index (χ3v) is 2.04. The Morgan fingerprint density at radius 1 is 0.857 bits per heavy atom. The van der Waals surface area contributed by atoms with Crippen molar-refractivity contribution in [1.82, 2.24) is 0 Å². The van der Waals surface area contributed by atoms with Crippen molar-refractivity contribution in [2.45, 2.75) is 0 Å². The molecule has 0 spiro atoms. The summed E-state index contributed by atoms with van der Waals surface area (Å²) in [5.74, 6) is -0.337. The molecular weight excluding hydrogens is 179 g/mol. The quantitative estimate of drug-likeness (QED) is 0.649. The summed E-state index contributed by atoms with van der Waals surface area (Å²) in [6, 6.07) is 12.6. The lowest BCUT2D eigenvalue weighted by atomic mass is 10.1. The van der Waals surface area contributed by atoms with Crippen LogP contribution in [0, 0.1) is 5.82 Å². The van der Waals surface area contributed by atoms with Gasteiger partial charge in [0.25, 0.3) is 0 Å². The highest BCUT2D eigenvalue weighted by Crippen LogP contribution is 2.28. The summed E-state index contributed by atoms with van der Waals surface area (Å²) in [5, 5.41) is 11.4. The van der Waals surface area contributed by atoms with Crippen molar-refractivity contribution in [3.63, 3.8) is 0 Å². The van der Waals surface area contributed by atoms with Crippen LogP contribution in [0.25, 0.3) is 11.1 Å². The minimum Gasteiger partial charge on any atom is -0.289 e. The maximum absolute atomic E-state index is 12.6. The van der Waals surface area contributed by atoms with Crippen LogP contribution in [0.15, 0.2) is 48.5 Å². The van der Waals surface area contributed by atoms with Gasteiger partial charge >= 0.3 is 0 Å². The van der Waals surface area contributed by atoms with Crippen molar-refractivity contribution in [1.29, 1.82) is 0 Å². The molecule has 14 heavy (non-hydrogen) atoms. The molecule has 0 aliphatic heterocycles. The standard InChI is InChI=1S/C12H8FO/c13-10-7-5-9(6-8-10)11-3-1-2-4-12(11)14/h1-8H. The van der Waals surface area contributed by atoms with E-state index in [1.165, 1.54) is 18.2 Å². The van der Waals surface area contributed by atoms with Gasteiger partial charge in [-0.3, -0.25) is 5.11 Å². The van der Waals surface area contributed by atoms with Gasteiger partial charge in [-0.25, -0.2) is 4.39 Å². The maximum atomic E-state index is 12.6. The van der Waals surface area contributed by atoms with E-state index in [0.717, 1.165) is 5.56 Å². The van der Waals surface area contributed by atoms with E-state index in [9.17, 15) is 9.50 Å². The van der Waals surface area contributed by atoms with Crippen LogP contribution >= 0.6 is 0 Å². The second kappa shape index (κ2) is 3.50. The van der Waals surface area contributed by atoms with E-state index in [0.29, 0.717) is 5.56 Å². The average molecular weight is 187 g/mol. The molecule has 0 aliphatic rings. The van der Waals surface area contributed by atoms with Crippen molar-refractivity contribution >= 4 is 0 Å². The molecule has 0 saturated carbocycles. The first-order valence-electron chi connectivity index (χ1n) is 4.29. The lowest BCUT2D eigenvalue weighted by Crippen LogP contribution is -1.78. The van der Waals surface area contributed by atoms with Crippen molar-refractivity contribution in [2.75, 3.05) is 0 Å². The Bertz CT molecular complexity index is 434. The number of rotatable bonds is 1. The molecule has 0 saturated heterocycles. The van der Waals surface area contributed by atoms with Crippen LogP contribution in [-0.4, -0.2) is 0 Å². The van der Waals surface area contributed by atoms with Gasteiger partial charge in [-0.1, -0.05) is 30.3 Å². The molecule has 0 heterocycles. The summed E-state index contributed by atoms with van der Waals surface area (Å²) < 4.78 is 12.6. The topological polar surface area (TPSA) is 19.9 Å². The fraction of sp³-hybridized carbons (Fsp3) is 0. The van der Waals surface area contributed by atoms with Gasteiger partial charge in [0.05, 0.1) is 0 Å². The van der Waals surface area contributed by atoms with E-state index in [-0.39, 0.29) is 11.6 Å². The van der Waals surface area contributed by atoms with Crippen LogP contribution in [0.5, 0.6) is 5.75 Å². The normalized spacial score (nSPS) is 10.1. The molecule has 2 heteroatoms. The smallest absolute Gasteiger partial charge is 0.186 e. The van der Waals surface area contributed by atoms with Crippen LogP contribution in [0.1, 0.15) is 0 Å². The first-order valence-corrected chi connectivity index (χ1v) is 4.29. The number of para-hydroxylation sites is 1. The predicted octanol–water partition coefficient (Wildman–Crippen LogP) is 3.64. The van der Waals surface area contributed by atoms with E-state index in [1.54, 1.807) is 30.3 Å². The van der Waals surface area contributed by atoms with Gasteiger partial charge in [0, 0.05) is 5.56 Å². The number of halogens is 1. The van der Waals surface area contributed by atoms with E-state index in [4.69, 9.17) is 0 Å². The van der Waals surface area contributed by atoms with E-state index >= 15 is 0 Å². The van der Waals surface area contributed by atoms with Crippen LogP contribution in [0.3, 0.4) is 0 Å². The molecule has 69 valence electrons. The number of benzene rings is 2. The zero-order valence-electron chi connectivity index (χ0n) is 7.41. The molecule has 0 amide bonds. The van der Waals surface area contributed by atoms with Crippen molar-refractivity contribution in [3.8, 4) is 16.9 Å². The maximum Gasteiger partial charge on any atom is 0.186 e. The summed E-state index contributed by atoms with van der Waals surface area (Å²) in [4.78, 5) is 0. The highest BCUT2D eigenvalue weighted by atomic mass is 19.1. The molecule has 0 fully saturated rings. The second-order valence-corrected chi connectivity index (χ2v) is 3.00. The first kappa shape index (κ1) is 8.75. The summed E-state index contributed by atoms with van der Waals surface area (Å²) in [6.07, 6.45) is 0. The summed E-state index contributed by atoms with van der Waals surface area (Å²) in [6.45, 7) is 0. The fourth-order valence-corrected chi connectivity index (χ4v) is 1.33. The van der Waals surface area contributed by atoms with E-state index in [1.807, 2.05) is 0 Å². The Balaban J connectivity index is 2.50. The molecule has 0 atom stereocenters. The predicted molar refractivity (Wildman–Crippen MR) is 52.0 cm³/mol. The minimum atomic E-state index is -0.294.